The molecule has 0 aromatic rings. The van der Waals surface area contributed by atoms with Crippen molar-refractivity contribution in [2.45, 2.75) is 96.2 Å². The predicted molar refractivity (Wildman–Crippen MR) is 83.9 cm³/mol. The van der Waals surface area contributed by atoms with Crippen LogP contribution >= 0.6 is 0 Å². The van der Waals surface area contributed by atoms with Crippen molar-refractivity contribution in [2.75, 3.05) is 0 Å². The molecule has 1 aliphatic heterocycles. The van der Waals surface area contributed by atoms with Gasteiger partial charge in [-0.3, -0.25) is 0 Å². The average molecular weight is 295 g/mol. The Labute approximate surface area is 129 Å². The number of hydrogen-bond donors (Lipinski definition) is 0. The third-order valence-electron chi connectivity index (χ3n) is 4.07. The Hall–Kier alpha value is -0.830. The van der Waals surface area contributed by atoms with Crippen LogP contribution in [0.4, 0.5) is 0 Å². The van der Waals surface area contributed by atoms with Crippen molar-refractivity contribution in [3.05, 3.63) is 12.2 Å². The normalized spacial score (nSPS) is 21.0. The summed E-state index contributed by atoms with van der Waals surface area (Å²) >= 11 is 0. The van der Waals surface area contributed by atoms with Crippen LogP contribution in [0.5, 0.6) is 0 Å². The van der Waals surface area contributed by atoms with Gasteiger partial charge >= 0.3 is 0 Å². The highest BCUT2D eigenvalue weighted by molar-refractivity contribution is 5.63. The number of ether oxygens (including phenoxy) is 1. The van der Waals surface area contributed by atoms with E-state index in [1.165, 1.54) is 38.5 Å². The molecule has 1 heterocycles. The van der Waals surface area contributed by atoms with Gasteiger partial charge in [0.1, 0.15) is 0 Å². The SMILES string of the molecule is CCCCC/C=C\CC1OC1CCCCCCCC(=O)[O-]. The Bertz CT molecular complexity index is 299. The van der Waals surface area contributed by atoms with E-state index in [2.05, 4.69) is 19.1 Å². The molecule has 0 saturated carbocycles. The maximum atomic E-state index is 10.2. The van der Waals surface area contributed by atoms with Crippen LogP contribution < -0.4 is 5.11 Å². The number of unbranched alkanes of at least 4 members (excludes halogenated alkanes) is 7. The lowest BCUT2D eigenvalue weighted by Crippen LogP contribution is -2.21. The van der Waals surface area contributed by atoms with E-state index in [1.807, 2.05) is 0 Å². The second-order valence-corrected chi connectivity index (χ2v) is 6.09. The highest BCUT2D eigenvalue weighted by Gasteiger charge is 2.36. The fourth-order valence-electron chi connectivity index (χ4n) is 2.65. The first kappa shape index (κ1) is 18.2. The van der Waals surface area contributed by atoms with Crippen LogP contribution in [0.1, 0.15) is 84.0 Å². The van der Waals surface area contributed by atoms with E-state index in [0.717, 1.165) is 32.1 Å². The maximum absolute atomic E-state index is 10.2. The highest BCUT2D eigenvalue weighted by atomic mass is 16.6. The number of aliphatic carboxylic acids is 1. The van der Waals surface area contributed by atoms with Crippen molar-refractivity contribution in [2.24, 2.45) is 0 Å². The van der Waals surface area contributed by atoms with Crippen LogP contribution in [0.2, 0.25) is 0 Å². The summed E-state index contributed by atoms with van der Waals surface area (Å²) in [7, 11) is 0. The van der Waals surface area contributed by atoms with E-state index in [1.54, 1.807) is 0 Å². The van der Waals surface area contributed by atoms with Gasteiger partial charge in [-0.15, -0.1) is 0 Å². The molecular weight excluding hydrogens is 264 g/mol. The summed E-state index contributed by atoms with van der Waals surface area (Å²) in [6, 6.07) is 0. The minimum Gasteiger partial charge on any atom is -0.550 e. The number of carbonyl (C=O) groups excluding carboxylic acids is 1. The van der Waals surface area contributed by atoms with Gasteiger partial charge in [0.25, 0.3) is 0 Å². The standard InChI is InChI=1S/C18H32O3/c1-2-3-4-5-7-10-13-16-17(21-16)14-11-8-6-9-12-15-18(19)20/h7,10,16-17H,2-6,8-9,11-15H2,1H3,(H,19,20)/p-1/b10-7-. The minimum absolute atomic E-state index is 0.207. The molecule has 1 aliphatic rings. The number of carbonyl (C=O) groups is 1. The van der Waals surface area contributed by atoms with Gasteiger partial charge in [-0.25, -0.2) is 0 Å². The molecule has 3 heteroatoms. The third kappa shape index (κ3) is 10.5. The molecular formula is C18H31O3-. The average Bonchev–Trinajstić information content (AvgIpc) is 3.20. The summed E-state index contributed by atoms with van der Waals surface area (Å²) in [5, 5.41) is 10.2. The molecule has 122 valence electrons. The summed E-state index contributed by atoms with van der Waals surface area (Å²) in [5.74, 6) is -0.924. The molecule has 0 bridgehead atoms. The van der Waals surface area contributed by atoms with Crippen LogP contribution in [0.3, 0.4) is 0 Å². The highest BCUT2D eigenvalue weighted by Crippen LogP contribution is 2.30. The molecule has 2 unspecified atom stereocenters. The minimum atomic E-state index is -0.924. The molecule has 0 amide bonds. The van der Waals surface area contributed by atoms with E-state index < -0.39 is 5.97 Å². The first-order valence-electron chi connectivity index (χ1n) is 8.74. The van der Waals surface area contributed by atoms with Crippen molar-refractivity contribution in [1.82, 2.24) is 0 Å². The summed E-state index contributed by atoms with van der Waals surface area (Å²) in [4.78, 5) is 10.2. The van der Waals surface area contributed by atoms with Gasteiger partial charge in [-0.2, -0.15) is 0 Å². The van der Waals surface area contributed by atoms with E-state index >= 15 is 0 Å². The summed E-state index contributed by atoms with van der Waals surface area (Å²) in [6.45, 7) is 2.23. The molecule has 2 atom stereocenters. The second-order valence-electron chi connectivity index (χ2n) is 6.09. The lowest BCUT2D eigenvalue weighted by Gasteiger charge is -2.01. The Kier molecular flexibility index (Phi) is 10.2. The second kappa shape index (κ2) is 11.8. The van der Waals surface area contributed by atoms with E-state index in [4.69, 9.17) is 4.74 Å². The third-order valence-corrected chi connectivity index (χ3v) is 4.07. The number of allylic oxidation sites excluding steroid dienone is 1. The van der Waals surface area contributed by atoms with Crippen LogP contribution in [0.25, 0.3) is 0 Å². The van der Waals surface area contributed by atoms with Gasteiger partial charge < -0.3 is 14.6 Å². The molecule has 0 aliphatic carbocycles. The monoisotopic (exact) mass is 295 g/mol. The number of rotatable bonds is 14. The van der Waals surface area contributed by atoms with Gasteiger partial charge in [0.2, 0.25) is 0 Å². The molecule has 0 aromatic heterocycles. The Balaban J connectivity index is 1.83. The van der Waals surface area contributed by atoms with Crippen molar-refractivity contribution in [3.8, 4) is 0 Å². The Morgan fingerprint density at radius 2 is 1.76 bits per heavy atom. The van der Waals surface area contributed by atoms with Crippen molar-refractivity contribution in [3.63, 3.8) is 0 Å². The quantitative estimate of drug-likeness (QED) is 0.278. The molecule has 0 radical (unpaired) electrons. The van der Waals surface area contributed by atoms with Gasteiger partial charge in [0.15, 0.2) is 0 Å². The number of hydrogen-bond acceptors (Lipinski definition) is 3. The van der Waals surface area contributed by atoms with E-state index in [-0.39, 0.29) is 6.42 Å². The van der Waals surface area contributed by atoms with E-state index in [0.29, 0.717) is 12.2 Å². The number of epoxide rings is 1. The van der Waals surface area contributed by atoms with Gasteiger partial charge in [0, 0.05) is 5.97 Å². The van der Waals surface area contributed by atoms with E-state index in [9.17, 15) is 9.90 Å². The van der Waals surface area contributed by atoms with Crippen LogP contribution in [-0.4, -0.2) is 18.2 Å². The number of carboxylic acid groups (broad SMARTS) is 1. The van der Waals surface area contributed by atoms with Crippen LogP contribution in [0.15, 0.2) is 12.2 Å². The first-order chi connectivity index (χ1) is 10.2. The fraction of sp³-hybridized carbons (Fsp3) is 0.833. The van der Waals surface area contributed by atoms with Crippen LogP contribution in [-0.2, 0) is 9.53 Å². The zero-order valence-electron chi connectivity index (χ0n) is 13.5. The van der Waals surface area contributed by atoms with Crippen LogP contribution in [0, 0.1) is 0 Å². The zero-order chi connectivity index (χ0) is 15.3. The molecule has 0 N–H and O–H groups in total. The zero-order valence-corrected chi connectivity index (χ0v) is 13.5. The fourth-order valence-corrected chi connectivity index (χ4v) is 2.65. The largest absolute Gasteiger partial charge is 0.550 e. The molecule has 3 nitrogen and oxygen atoms in total. The Morgan fingerprint density at radius 1 is 1.00 bits per heavy atom. The topological polar surface area (TPSA) is 52.7 Å². The van der Waals surface area contributed by atoms with Crippen molar-refractivity contribution >= 4 is 5.97 Å². The van der Waals surface area contributed by atoms with Crippen molar-refractivity contribution < 1.29 is 14.6 Å². The molecule has 21 heavy (non-hydrogen) atoms. The smallest absolute Gasteiger partial charge is 0.0876 e. The maximum Gasteiger partial charge on any atom is 0.0876 e. The lowest BCUT2D eigenvalue weighted by molar-refractivity contribution is -0.305. The van der Waals surface area contributed by atoms with Gasteiger partial charge in [-0.05, 0) is 38.5 Å². The summed E-state index contributed by atoms with van der Waals surface area (Å²) in [6.07, 6.45) is 18.4. The van der Waals surface area contributed by atoms with Gasteiger partial charge in [-0.1, -0.05) is 57.6 Å². The molecule has 0 aromatic carbocycles. The molecule has 0 spiro atoms. The summed E-state index contributed by atoms with van der Waals surface area (Å²) < 4.78 is 5.67. The number of carboxylic acids is 1. The van der Waals surface area contributed by atoms with Gasteiger partial charge in [0.05, 0.1) is 12.2 Å². The molecule has 1 saturated heterocycles. The summed E-state index contributed by atoms with van der Waals surface area (Å²) in [5.41, 5.74) is 0. The molecule has 1 rings (SSSR count). The predicted octanol–water partition coefficient (Wildman–Crippen LogP) is 3.76. The Morgan fingerprint density at radius 3 is 2.52 bits per heavy atom. The lowest BCUT2D eigenvalue weighted by atomic mass is 10.1. The molecule has 1 fully saturated rings. The first-order valence-corrected chi connectivity index (χ1v) is 8.74. The van der Waals surface area contributed by atoms with Crippen molar-refractivity contribution in [1.29, 1.82) is 0 Å².